The molecule has 2 heterocycles. The van der Waals surface area contributed by atoms with Gasteiger partial charge in [0.25, 0.3) is 0 Å². The molecule has 2 amide bonds. The average molecular weight is 651 g/mol. The van der Waals surface area contributed by atoms with E-state index in [4.69, 9.17) is 16.3 Å². The molecule has 1 unspecified atom stereocenters. The molecule has 2 saturated heterocycles. The van der Waals surface area contributed by atoms with E-state index in [2.05, 4.69) is 16.0 Å². The number of carbonyl (C=O) groups is 2. The lowest BCUT2D eigenvalue weighted by molar-refractivity contribution is -0.120. The van der Waals surface area contributed by atoms with Crippen LogP contribution in [0.15, 0.2) is 42.5 Å². The molecule has 10 nitrogen and oxygen atoms in total. The number of methoxy groups -OCH3 is 1. The number of amides is 2. The smallest absolute Gasteiger partial charge is 0.405 e. The second kappa shape index (κ2) is 13.7. The molecule has 4 atom stereocenters. The maximum atomic E-state index is 15.3. The van der Waals surface area contributed by atoms with Crippen LogP contribution in [-0.2, 0) is 31.4 Å². The second-order valence-electron chi connectivity index (χ2n) is 12.1. The molecular weight excluding hydrogens is 611 g/mol. The first kappa shape index (κ1) is 32.6. The highest BCUT2D eigenvalue weighted by molar-refractivity contribution is 7.89. The number of hydrogen-bond acceptors (Lipinski definition) is 6. The van der Waals surface area contributed by atoms with Crippen LogP contribution in [0.3, 0.4) is 0 Å². The van der Waals surface area contributed by atoms with Gasteiger partial charge in [-0.2, -0.15) is 4.31 Å². The Kier molecular flexibility index (Phi) is 10.2. The summed E-state index contributed by atoms with van der Waals surface area (Å²) < 4.78 is 48.3. The van der Waals surface area contributed by atoms with Gasteiger partial charge >= 0.3 is 6.09 Å². The normalized spacial score (nSPS) is 28.8. The number of nitrogens with zero attached hydrogens (tertiary/aromatic N) is 1. The highest BCUT2D eigenvalue weighted by Crippen LogP contribution is 2.44. The summed E-state index contributed by atoms with van der Waals surface area (Å²) in [4.78, 5) is 26.1. The number of piperazine rings is 1. The average Bonchev–Trinajstić information content (AvgIpc) is 3.11. The Labute approximate surface area is 262 Å². The van der Waals surface area contributed by atoms with E-state index in [1.54, 1.807) is 29.6 Å². The standard InChI is InChI=1S/C31H40ClFN4O6S/c1-43-24-13-15-31(16-14-24,20-7-9-21(32)10-8-20)28(36-30(39)40)29(38)35-27-6-2-5-26(33)25(27)12-11-23-18-34-22-4-3-17-44(41,42)37(23)19-22/h2,5-10,22-24,28,34,36H,3-4,11-19H2,1H3,(H,35,38)(H,39,40)/t22-,23+,24-,28-,31+/m1/s1. The van der Waals surface area contributed by atoms with Gasteiger partial charge < -0.3 is 25.8 Å². The molecule has 3 fully saturated rings. The van der Waals surface area contributed by atoms with Crippen LogP contribution in [-0.4, -0.2) is 80.0 Å². The number of rotatable bonds is 9. The monoisotopic (exact) mass is 650 g/mol. The van der Waals surface area contributed by atoms with E-state index in [-0.39, 0.29) is 41.6 Å². The lowest BCUT2D eigenvalue weighted by Gasteiger charge is -2.45. The minimum Gasteiger partial charge on any atom is -0.465 e. The number of sulfonamides is 1. The lowest BCUT2D eigenvalue weighted by atomic mass is 9.64. The Morgan fingerprint density at radius 1 is 1.18 bits per heavy atom. The quantitative estimate of drug-likeness (QED) is 0.318. The third-order valence-electron chi connectivity index (χ3n) is 9.53. The summed E-state index contributed by atoms with van der Waals surface area (Å²) in [5.41, 5.74) is 0.338. The molecule has 44 heavy (non-hydrogen) atoms. The molecule has 4 N–H and O–H groups in total. The van der Waals surface area contributed by atoms with Crippen molar-refractivity contribution >= 4 is 39.3 Å². The number of carbonyl (C=O) groups excluding carboxylic acids is 1. The zero-order valence-electron chi connectivity index (χ0n) is 24.7. The Hall–Kier alpha value is -2.77. The Bertz CT molecular complexity index is 1450. The summed E-state index contributed by atoms with van der Waals surface area (Å²) in [6, 6.07) is 10.00. The highest BCUT2D eigenvalue weighted by atomic mass is 35.5. The number of ether oxygens (including phenoxy) is 1. The van der Waals surface area contributed by atoms with E-state index >= 15 is 4.39 Å². The fourth-order valence-corrected chi connectivity index (χ4v) is 9.07. The molecule has 0 spiro atoms. The highest BCUT2D eigenvalue weighted by Gasteiger charge is 2.48. The zero-order chi connectivity index (χ0) is 31.5. The molecule has 2 bridgehead atoms. The molecule has 0 aromatic heterocycles. The van der Waals surface area contributed by atoms with Crippen molar-refractivity contribution in [2.24, 2.45) is 0 Å². The number of fused-ring (bicyclic) bond motifs is 2. The Morgan fingerprint density at radius 2 is 1.91 bits per heavy atom. The van der Waals surface area contributed by atoms with Crippen LogP contribution in [0.1, 0.15) is 56.1 Å². The van der Waals surface area contributed by atoms with E-state index in [0.29, 0.717) is 56.6 Å². The predicted molar refractivity (Wildman–Crippen MR) is 166 cm³/mol. The number of nitrogens with one attached hydrogen (secondary N) is 3. The third-order valence-corrected chi connectivity index (χ3v) is 11.7. The number of anilines is 1. The maximum Gasteiger partial charge on any atom is 0.405 e. The van der Waals surface area contributed by atoms with Crippen molar-refractivity contribution in [3.05, 3.63) is 64.4 Å². The first-order valence-electron chi connectivity index (χ1n) is 15.1. The molecule has 2 aliphatic heterocycles. The number of benzene rings is 2. The summed E-state index contributed by atoms with van der Waals surface area (Å²) in [6.07, 6.45) is 2.74. The van der Waals surface area contributed by atoms with Gasteiger partial charge in [-0.3, -0.25) is 4.79 Å². The fourth-order valence-electron chi connectivity index (χ4n) is 7.14. The van der Waals surface area contributed by atoms with Crippen LogP contribution >= 0.6 is 11.6 Å². The molecule has 13 heteroatoms. The van der Waals surface area contributed by atoms with Crippen molar-refractivity contribution in [2.75, 3.05) is 31.3 Å². The Balaban J connectivity index is 1.41. The van der Waals surface area contributed by atoms with Crippen molar-refractivity contribution in [1.82, 2.24) is 14.9 Å². The Morgan fingerprint density at radius 3 is 2.59 bits per heavy atom. The van der Waals surface area contributed by atoms with Gasteiger partial charge in [0.1, 0.15) is 11.9 Å². The van der Waals surface area contributed by atoms with Crippen LogP contribution in [0.2, 0.25) is 5.02 Å². The van der Waals surface area contributed by atoms with E-state index in [1.165, 1.54) is 12.1 Å². The molecule has 2 aromatic carbocycles. The summed E-state index contributed by atoms with van der Waals surface area (Å²) in [5, 5.41) is 19.1. The van der Waals surface area contributed by atoms with Crippen LogP contribution in [0, 0.1) is 5.82 Å². The third kappa shape index (κ3) is 7.04. The van der Waals surface area contributed by atoms with Gasteiger partial charge in [-0.05, 0) is 81.2 Å². The van der Waals surface area contributed by atoms with E-state index in [1.807, 2.05) is 12.1 Å². The first-order valence-corrected chi connectivity index (χ1v) is 17.1. The van der Waals surface area contributed by atoms with Crippen molar-refractivity contribution in [1.29, 1.82) is 0 Å². The molecule has 5 rings (SSSR count). The van der Waals surface area contributed by atoms with Crippen molar-refractivity contribution in [2.45, 2.75) is 81.0 Å². The van der Waals surface area contributed by atoms with E-state index < -0.39 is 39.3 Å². The maximum absolute atomic E-state index is 15.3. The van der Waals surface area contributed by atoms with Crippen LogP contribution in [0.4, 0.5) is 14.9 Å². The molecule has 1 aliphatic carbocycles. The van der Waals surface area contributed by atoms with Crippen LogP contribution in [0.5, 0.6) is 0 Å². The van der Waals surface area contributed by atoms with Gasteiger partial charge in [0.15, 0.2) is 0 Å². The van der Waals surface area contributed by atoms with Crippen molar-refractivity contribution in [3.8, 4) is 0 Å². The zero-order valence-corrected chi connectivity index (χ0v) is 26.3. The van der Waals surface area contributed by atoms with Gasteiger partial charge in [0, 0.05) is 54.0 Å². The van der Waals surface area contributed by atoms with Crippen molar-refractivity contribution in [3.63, 3.8) is 0 Å². The molecule has 0 radical (unpaired) electrons. The molecule has 1 saturated carbocycles. The van der Waals surface area contributed by atoms with E-state index in [9.17, 15) is 23.1 Å². The lowest BCUT2D eigenvalue weighted by Crippen LogP contribution is -2.58. The predicted octanol–water partition coefficient (Wildman–Crippen LogP) is 4.28. The minimum atomic E-state index is -3.41. The molecular formula is C31H40ClFN4O6S. The van der Waals surface area contributed by atoms with Gasteiger partial charge in [-0.15, -0.1) is 0 Å². The molecule has 240 valence electrons. The van der Waals surface area contributed by atoms with Gasteiger partial charge in [0.2, 0.25) is 15.9 Å². The molecule has 3 aliphatic rings. The summed E-state index contributed by atoms with van der Waals surface area (Å²) >= 11 is 6.16. The largest absolute Gasteiger partial charge is 0.465 e. The minimum absolute atomic E-state index is 0.0173. The SMILES string of the molecule is CO[C@H]1CC[C@@](c2ccc(Cl)cc2)([C@H](NC(=O)O)C(=O)Nc2cccc(F)c2CC[C@H]2CN[C@@H]3CCCS(=O)(=O)N2C3)CC1. The summed E-state index contributed by atoms with van der Waals surface area (Å²) in [6.45, 7) is 0.865. The van der Waals surface area contributed by atoms with Gasteiger partial charge in [0.05, 0.1) is 11.9 Å². The fraction of sp³-hybridized carbons (Fsp3) is 0.548. The van der Waals surface area contributed by atoms with Crippen molar-refractivity contribution < 1.29 is 32.2 Å². The second-order valence-corrected chi connectivity index (χ2v) is 14.5. The van der Waals surface area contributed by atoms with Crippen LogP contribution < -0.4 is 16.0 Å². The van der Waals surface area contributed by atoms with Gasteiger partial charge in [-0.25, -0.2) is 17.6 Å². The number of halogens is 2. The van der Waals surface area contributed by atoms with Crippen LogP contribution in [0.25, 0.3) is 0 Å². The molecule has 2 aromatic rings. The number of carboxylic acid groups (broad SMARTS) is 1. The van der Waals surface area contributed by atoms with Gasteiger partial charge in [-0.1, -0.05) is 29.8 Å². The number of hydrogen-bond donors (Lipinski definition) is 4. The first-order chi connectivity index (χ1) is 21.0. The van der Waals surface area contributed by atoms with E-state index in [0.717, 1.165) is 12.0 Å². The summed E-state index contributed by atoms with van der Waals surface area (Å²) in [7, 11) is -1.78. The summed E-state index contributed by atoms with van der Waals surface area (Å²) in [5.74, 6) is -1.04. The topological polar surface area (TPSA) is 137 Å².